The highest BCUT2D eigenvalue weighted by molar-refractivity contribution is 6.03. The lowest BCUT2D eigenvalue weighted by Crippen LogP contribution is -2.44. The minimum atomic E-state index is -0.148. The zero-order valence-corrected chi connectivity index (χ0v) is 18.9. The summed E-state index contributed by atoms with van der Waals surface area (Å²) in [7, 11) is 0. The number of nitrogens with one attached hydrogen (secondary N) is 4. The van der Waals surface area contributed by atoms with Gasteiger partial charge in [-0.3, -0.25) is 4.79 Å². The van der Waals surface area contributed by atoms with Crippen molar-refractivity contribution in [2.45, 2.75) is 65.0 Å². The number of amides is 1. The van der Waals surface area contributed by atoms with Crippen LogP contribution in [0.3, 0.4) is 0 Å². The van der Waals surface area contributed by atoms with Crippen molar-refractivity contribution in [1.29, 1.82) is 10.8 Å². The molecular weight excluding hydrogens is 392 g/mol. The molecule has 0 aromatic carbocycles. The Morgan fingerprint density at radius 3 is 2.65 bits per heavy atom. The van der Waals surface area contributed by atoms with Gasteiger partial charge < -0.3 is 32.1 Å². The van der Waals surface area contributed by atoms with E-state index < -0.39 is 0 Å². The molecule has 0 aliphatic carbocycles. The minimum Gasteiger partial charge on any atom is -0.385 e. The van der Waals surface area contributed by atoms with Crippen molar-refractivity contribution in [3.05, 3.63) is 35.8 Å². The average Bonchev–Trinajstić information content (AvgIpc) is 2.69. The van der Waals surface area contributed by atoms with Gasteiger partial charge in [0.1, 0.15) is 5.82 Å². The molecular formula is C22H34N8O. The first kappa shape index (κ1) is 24.0. The van der Waals surface area contributed by atoms with Crippen molar-refractivity contribution in [3.63, 3.8) is 0 Å². The van der Waals surface area contributed by atoms with E-state index in [9.17, 15) is 4.79 Å². The number of allylic oxidation sites excluding steroid dienone is 1. The summed E-state index contributed by atoms with van der Waals surface area (Å²) in [6.07, 6.45) is 7.39. The lowest BCUT2D eigenvalue weighted by Gasteiger charge is -2.35. The van der Waals surface area contributed by atoms with Crippen LogP contribution in [-0.4, -0.2) is 50.8 Å². The van der Waals surface area contributed by atoms with Crippen molar-refractivity contribution >= 4 is 29.6 Å². The van der Waals surface area contributed by atoms with Crippen molar-refractivity contribution in [2.75, 3.05) is 17.6 Å². The summed E-state index contributed by atoms with van der Waals surface area (Å²) in [6.45, 7) is 12.1. The number of hydrogen-bond donors (Lipinski definition) is 5. The monoisotopic (exact) mass is 426 g/mol. The second-order valence-electron chi connectivity index (χ2n) is 8.72. The maximum absolute atomic E-state index is 12.2. The van der Waals surface area contributed by atoms with Crippen LogP contribution >= 0.6 is 0 Å². The Labute approximate surface area is 184 Å². The Bertz CT molecular complexity index is 861. The van der Waals surface area contributed by atoms with E-state index in [0.29, 0.717) is 35.6 Å². The zero-order valence-electron chi connectivity index (χ0n) is 18.9. The summed E-state index contributed by atoms with van der Waals surface area (Å²) in [6, 6.07) is -0.0562. The molecule has 9 heteroatoms. The van der Waals surface area contributed by atoms with E-state index in [2.05, 4.69) is 27.2 Å². The SMILES string of the molecule is C=CC(=O)N1CCCCC1CC(=N)c1c(C)nc(N/C(C=N)=C/NC(C)(C)C)nc1N. The van der Waals surface area contributed by atoms with Crippen LogP contribution in [0.5, 0.6) is 0 Å². The lowest BCUT2D eigenvalue weighted by atomic mass is 9.94. The molecule has 1 fully saturated rings. The molecule has 1 atom stereocenters. The second-order valence-corrected chi connectivity index (χ2v) is 8.72. The van der Waals surface area contributed by atoms with E-state index in [0.717, 1.165) is 25.5 Å². The number of carbonyl (C=O) groups is 1. The fourth-order valence-corrected chi connectivity index (χ4v) is 3.52. The largest absolute Gasteiger partial charge is 0.385 e. The van der Waals surface area contributed by atoms with Gasteiger partial charge in [0.05, 0.1) is 17.0 Å². The predicted molar refractivity (Wildman–Crippen MR) is 126 cm³/mol. The van der Waals surface area contributed by atoms with Gasteiger partial charge in [-0.05, 0) is 53.0 Å². The first-order chi connectivity index (χ1) is 14.6. The molecule has 1 aromatic rings. The van der Waals surface area contributed by atoms with E-state index in [1.165, 1.54) is 6.08 Å². The molecule has 168 valence electrons. The Kier molecular flexibility index (Phi) is 7.90. The zero-order chi connectivity index (χ0) is 23.2. The summed E-state index contributed by atoms with van der Waals surface area (Å²) in [4.78, 5) is 22.7. The second kappa shape index (κ2) is 10.2. The molecule has 1 saturated heterocycles. The molecule has 2 rings (SSSR count). The molecule has 31 heavy (non-hydrogen) atoms. The molecule has 6 N–H and O–H groups in total. The van der Waals surface area contributed by atoms with Crippen molar-refractivity contribution in [2.24, 2.45) is 0 Å². The molecule has 1 aromatic heterocycles. The van der Waals surface area contributed by atoms with Crippen molar-refractivity contribution < 1.29 is 4.79 Å². The average molecular weight is 427 g/mol. The van der Waals surface area contributed by atoms with Gasteiger partial charge in [0, 0.05) is 42.7 Å². The minimum absolute atomic E-state index is 0.0562. The summed E-state index contributed by atoms with van der Waals surface area (Å²) in [5, 5.41) is 22.4. The Balaban J connectivity index is 2.19. The third-order valence-electron chi connectivity index (χ3n) is 5.02. The number of nitrogen functional groups attached to an aromatic ring is 1. The number of nitrogens with two attached hydrogens (primary N) is 1. The van der Waals surface area contributed by atoms with Gasteiger partial charge in [-0.2, -0.15) is 4.98 Å². The van der Waals surface area contributed by atoms with Crippen LogP contribution in [0.15, 0.2) is 24.6 Å². The smallest absolute Gasteiger partial charge is 0.246 e. The number of rotatable bonds is 8. The first-order valence-electron chi connectivity index (χ1n) is 10.5. The standard InChI is InChI=1S/C22H34N8O/c1-6-18(31)30-10-8-7-9-16(30)11-17(24)19-14(2)27-21(29-20(19)25)28-15(12-23)13-26-22(3,4)5/h6,12-13,16,23-24,26H,1,7-11H2,2-5H3,(H3,25,27,28,29)/b15-13+,23-12?,24-17?. The maximum Gasteiger partial charge on any atom is 0.246 e. The van der Waals surface area contributed by atoms with Gasteiger partial charge in [-0.25, -0.2) is 4.98 Å². The molecule has 2 heterocycles. The van der Waals surface area contributed by atoms with Crippen LogP contribution in [0.25, 0.3) is 0 Å². The van der Waals surface area contributed by atoms with Gasteiger partial charge in [-0.1, -0.05) is 6.58 Å². The molecule has 1 amide bonds. The predicted octanol–water partition coefficient (Wildman–Crippen LogP) is 2.98. The first-order valence-corrected chi connectivity index (χ1v) is 10.5. The van der Waals surface area contributed by atoms with Gasteiger partial charge >= 0.3 is 0 Å². The van der Waals surface area contributed by atoms with Crippen molar-refractivity contribution in [1.82, 2.24) is 20.2 Å². The quantitative estimate of drug-likeness (QED) is 0.319. The van der Waals surface area contributed by atoms with Crippen LogP contribution in [0.4, 0.5) is 11.8 Å². The summed E-state index contributed by atoms with van der Waals surface area (Å²) in [5.41, 5.74) is 7.91. The molecule has 0 spiro atoms. The molecule has 0 radical (unpaired) electrons. The van der Waals surface area contributed by atoms with Crippen LogP contribution in [0.1, 0.15) is 57.7 Å². The molecule has 1 aliphatic heterocycles. The number of carbonyl (C=O) groups excluding carboxylic acids is 1. The third kappa shape index (κ3) is 6.63. The van der Waals surface area contributed by atoms with Gasteiger partial charge in [0.15, 0.2) is 0 Å². The van der Waals surface area contributed by atoms with Crippen LogP contribution in [0.2, 0.25) is 0 Å². The Hall–Kier alpha value is -3.23. The highest BCUT2D eigenvalue weighted by Crippen LogP contribution is 2.24. The number of nitrogens with zero attached hydrogens (tertiary/aromatic N) is 3. The van der Waals surface area contributed by atoms with Gasteiger partial charge in [0.25, 0.3) is 0 Å². The number of piperidine rings is 1. The van der Waals surface area contributed by atoms with Gasteiger partial charge in [-0.15, -0.1) is 0 Å². The maximum atomic E-state index is 12.2. The number of aromatic nitrogens is 2. The number of hydrogen-bond acceptors (Lipinski definition) is 8. The molecule has 9 nitrogen and oxygen atoms in total. The summed E-state index contributed by atoms with van der Waals surface area (Å²) >= 11 is 0. The van der Waals surface area contributed by atoms with E-state index in [4.69, 9.17) is 16.6 Å². The van der Waals surface area contributed by atoms with Crippen LogP contribution in [0, 0.1) is 17.7 Å². The Morgan fingerprint density at radius 1 is 1.35 bits per heavy atom. The summed E-state index contributed by atoms with van der Waals surface area (Å²) < 4.78 is 0. The normalized spacial score (nSPS) is 17.1. The fourth-order valence-electron chi connectivity index (χ4n) is 3.52. The topological polar surface area (TPSA) is 144 Å². The lowest BCUT2D eigenvalue weighted by molar-refractivity contribution is -0.129. The highest BCUT2D eigenvalue weighted by Gasteiger charge is 2.27. The molecule has 1 aliphatic rings. The fraction of sp³-hybridized carbons (Fsp3) is 0.500. The molecule has 1 unspecified atom stereocenters. The molecule has 0 saturated carbocycles. The van der Waals surface area contributed by atoms with E-state index >= 15 is 0 Å². The van der Waals surface area contributed by atoms with Crippen molar-refractivity contribution in [3.8, 4) is 0 Å². The Morgan fingerprint density at radius 2 is 2.06 bits per heavy atom. The number of aryl methyl sites for hydroxylation is 1. The summed E-state index contributed by atoms with van der Waals surface area (Å²) in [5.74, 6) is 0.358. The number of anilines is 2. The number of likely N-dealkylation sites (tertiary alicyclic amines) is 1. The van der Waals surface area contributed by atoms with Crippen LogP contribution in [-0.2, 0) is 4.79 Å². The molecule has 0 bridgehead atoms. The van der Waals surface area contributed by atoms with E-state index in [-0.39, 0.29) is 29.3 Å². The van der Waals surface area contributed by atoms with E-state index in [1.807, 2.05) is 20.8 Å². The third-order valence-corrected chi connectivity index (χ3v) is 5.02. The van der Waals surface area contributed by atoms with E-state index in [1.54, 1.807) is 18.0 Å². The highest BCUT2D eigenvalue weighted by atomic mass is 16.2. The van der Waals surface area contributed by atoms with Crippen LogP contribution < -0.4 is 16.4 Å². The van der Waals surface area contributed by atoms with Gasteiger partial charge in [0.2, 0.25) is 11.9 Å².